The van der Waals surface area contributed by atoms with E-state index in [1.165, 1.54) is 6.07 Å². The van der Waals surface area contributed by atoms with Crippen LogP contribution in [0.15, 0.2) is 29.2 Å². The van der Waals surface area contributed by atoms with Crippen molar-refractivity contribution >= 4 is 44.7 Å². The van der Waals surface area contributed by atoms with Crippen LogP contribution in [0, 0.1) is 6.92 Å². The predicted octanol–water partition coefficient (Wildman–Crippen LogP) is 1.44. The predicted molar refractivity (Wildman–Crippen MR) is 89.2 cm³/mol. The largest absolute Gasteiger partial charge is 0.397 e. The number of rotatable bonds is 8. The molecule has 1 unspecified atom stereocenters. The highest BCUT2D eigenvalue weighted by molar-refractivity contribution is 7.81. The first-order chi connectivity index (χ1) is 11.7. The number of benzene rings is 1. The molecule has 1 heterocycles. The van der Waals surface area contributed by atoms with Gasteiger partial charge in [-0.25, -0.2) is 13.4 Å². The van der Waals surface area contributed by atoms with Crippen LogP contribution < -0.4 is 5.32 Å². The molecule has 0 aliphatic carbocycles. The van der Waals surface area contributed by atoms with Gasteiger partial charge in [0.25, 0.3) is 0 Å². The van der Waals surface area contributed by atoms with E-state index in [0.29, 0.717) is 11.5 Å². The van der Waals surface area contributed by atoms with Crippen molar-refractivity contribution in [1.29, 1.82) is 0 Å². The van der Waals surface area contributed by atoms with Crippen LogP contribution in [0.5, 0.6) is 0 Å². The number of hydrogen-bond donors (Lipinski definition) is 2. The van der Waals surface area contributed by atoms with Gasteiger partial charge >= 0.3 is 10.4 Å². The van der Waals surface area contributed by atoms with Gasteiger partial charge in [-0.15, -0.1) is 0 Å². The summed E-state index contributed by atoms with van der Waals surface area (Å²) in [4.78, 5) is 12.1. The lowest BCUT2D eigenvalue weighted by atomic mass is 10.3. The van der Waals surface area contributed by atoms with E-state index in [4.69, 9.17) is 20.3 Å². The summed E-state index contributed by atoms with van der Waals surface area (Å²) < 4.78 is 50.6. The van der Waals surface area contributed by atoms with E-state index < -0.39 is 28.1 Å². The molecule has 2 rings (SSSR count). The summed E-state index contributed by atoms with van der Waals surface area (Å²) in [6.07, 6.45) is 0. The number of nitrogens with zero attached hydrogens (tertiary/aromatic N) is 3. The van der Waals surface area contributed by atoms with E-state index in [2.05, 4.69) is 24.5 Å². The van der Waals surface area contributed by atoms with E-state index in [1.807, 2.05) is 0 Å². The van der Waals surface area contributed by atoms with Crippen LogP contribution >= 0.6 is 11.6 Å². The Labute approximate surface area is 151 Å². The number of hydrogen-bond acceptors (Lipinski definition) is 9. The average Bonchev–Trinajstić information content (AvgIpc) is 2.50. The van der Waals surface area contributed by atoms with Crippen molar-refractivity contribution < 1.29 is 25.5 Å². The van der Waals surface area contributed by atoms with Gasteiger partial charge in [0.05, 0.1) is 23.8 Å². The zero-order chi connectivity index (χ0) is 18.4. The van der Waals surface area contributed by atoms with Gasteiger partial charge in [0.2, 0.25) is 11.2 Å². The first-order valence-electron chi connectivity index (χ1n) is 6.66. The lowest BCUT2D eigenvalue weighted by molar-refractivity contribution is 0.212. The minimum Gasteiger partial charge on any atom is -0.323 e. The Morgan fingerprint density at radius 3 is 2.64 bits per heavy atom. The van der Waals surface area contributed by atoms with Gasteiger partial charge in [-0.3, -0.25) is 8.74 Å². The summed E-state index contributed by atoms with van der Waals surface area (Å²) in [7, 11) is -4.57. The van der Waals surface area contributed by atoms with E-state index in [-0.39, 0.29) is 22.7 Å². The van der Waals surface area contributed by atoms with Gasteiger partial charge in [-0.1, -0.05) is 12.1 Å². The normalized spacial score (nSPS) is 12.8. The third-order valence-corrected chi connectivity index (χ3v) is 4.27. The molecule has 0 aliphatic rings. The molecule has 136 valence electrons. The van der Waals surface area contributed by atoms with Gasteiger partial charge in [0.1, 0.15) is 5.82 Å². The number of aromatic nitrogens is 3. The van der Waals surface area contributed by atoms with Crippen molar-refractivity contribution in [2.45, 2.75) is 11.8 Å². The fourth-order valence-electron chi connectivity index (χ4n) is 1.65. The second-order valence-electron chi connectivity index (χ2n) is 4.40. The molecule has 0 radical (unpaired) electrons. The van der Waals surface area contributed by atoms with E-state index >= 15 is 0 Å². The third kappa shape index (κ3) is 6.61. The highest BCUT2D eigenvalue weighted by atomic mass is 35.5. The SMILES string of the molecule is Cc1nc(Cl)nc(Nc2ccccc2S(=O)OCCOS(=O)(=O)O)n1. The topological polar surface area (TPSA) is 141 Å². The van der Waals surface area contributed by atoms with Crippen LogP contribution in [0.4, 0.5) is 11.6 Å². The van der Waals surface area contributed by atoms with Crippen LogP contribution in [0.25, 0.3) is 0 Å². The standard InChI is InChI=1S/C12H13ClN4O6S2/c1-8-14-11(13)17-12(15-8)16-9-4-2-3-5-10(9)24(18)22-6-7-23-25(19,20)21/h2-5H,6-7H2,1H3,(H,19,20,21)(H,14,15,16,17). The van der Waals surface area contributed by atoms with E-state index in [0.717, 1.165) is 0 Å². The van der Waals surface area contributed by atoms with Gasteiger partial charge < -0.3 is 5.32 Å². The molecule has 0 spiro atoms. The highest BCUT2D eigenvalue weighted by Crippen LogP contribution is 2.23. The summed E-state index contributed by atoms with van der Waals surface area (Å²) >= 11 is 3.84. The lowest BCUT2D eigenvalue weighted by Crippen LogP contribution is -2.12. The van der Waals surface area contributed by atoms with Crippen LogP contribution in [0.1, 0.15) is 5.82 Å². The number of anilines is 2. The summed E-state index contributed by atoms with van der Waals surface area (Å²) in [6, 6.07) is 6.50. The zero-order valence-electron chi connectivity index (χ0n) is 12.7. The number of para-hydroxylation sites is 1. The molecule has 1 aromatic carbocycles. The van der Waals surface area contributed by atoms with Crippen molar-refractivity contribution in [3.05, 3.63) is 35.4 Å². The number of halogens is 1. The van der Waals surface area contributed by atoms with Crippen molar-refractivity contribution in [1.82, 2.24) is 15.0 Å². The second-order valence-corrected chi connectivity index (χ2v) is 6.98. The Kier molecular flexibility index (Phi) is 6.75. The molecule has 10 nitrogen and oxygen atoms in total. The highest BCUT2D eigenvalue weighted by Gasteiger charge is 2.13. The molecular formula is C12H13ClN4O6S2. The smallest absolute Gasteiger partial charge is 0.323 e. The summed E-state index contributed by atoms with van der Waals surface area (Å²) in [5.74, 6) is 0.566. The maximum Gasteiger partial charge on any atom is 0.397 e. The Hall–Kier alpha value is -1.70. The molecule has 1 atom stereocenters. The van der Waals surface area contributed by atoms with Crippen molar-refractivity contribution in [2.75, 3.05) is 18.5 Å². The fourth-order valence-corrected chi connectivity index (χ4v) is 2.97. The maximum absolute atomic E-state index is 12.2. The fraction of sp³-hybridized carbons (Fsp3) is 0.250. The Balaban J connectivity index is 2.08. The van der Waals surface area contributed by atoms with Gasteiger partial charge in [-0.05, 0) is 30.7 Å². The molecule has 0 saturated carbocycles. The molecule has 0 bridgehead atoms. The summed E-state index contributed by atoms with van der Waals surface area (Å²) in [5.41, 5.74) is 0.401. The molecule has 25 heavy (non-hydrogen) atoms. The van der Waals surface area contributed by atoms with Crippen molar-refractivity contribution in [2.24, 2.45) is 0 Å². The molecule has 0 fully saturated rings. The molecule has 2 aromatic rings. The van der Waals surface area contributed by atoms with E-state index in [9.17, 15) is 12.6 Å². The molecule has 0 saturated heterocycles. The van der Waals surface area contributed by atoms with Crippen LogP contribution in [0.3, 0.4) is 0 Å². The van der Waals surface area contributed by atoms with Crippen LogP contribution in [-0.4, -0.2) is 45.3 Å². The first kappa shape index (κ1) is 19.6. The molecule has 0 aliphatic heterocycles. The van der Waals surface area contributed by atoms with Crippen molar-refractivity contribution in [3.8, 4) is 0 Å². The zero-order valence-corrected chi connectivity index (χ0v) is 15.1. The summed E-state index contributed by atoms with van der Waals surface area (Å²) in [5, 5.41) is 2.87. The summed E-state index contributed by atoms with van der Waals surface area (Å²) in [6.45, 7) is 0.834. The van der Waals surface area contributed by atoms with Crippen LogP contribution in [0.2, 0.25) is 5.28 Å². The Bertz CT molecular complexity index is 859. The van der Waals surface area contributed by atoms with E-state index in [1.54, 1.807) is 25.1 Å². The molecule has 2 N–H and O–H groups in total. The van der Waals surface area contributed by atoms with Crippen molar-refractivity contribution in [3.63, 3.8) is 0 Å². The molecule has 0 amide bonds. The Morgan fingerprint density at radius 2 is 1.96 bits per heavy atom. The second kappa shape index (κ2) is 8.60. The molecule has 1 aromatic heterocycles. The van der Waals surface area contributed by atoms with Gasteiger partial charge in [-0.2, -0.15) is 18.4 Å². The monoisotopic (exact) mass is 408 g/mol. The number of nitrogens with one attached hydrogen (secondary N) is 1. The Morgan fingerprint density at radius 1 is 1.24 bits per heavy atom. The quantitative estimate of drug-likeness (QED) is 0.486. The number of aryl methyl sites for hydroxylation is 1. The third-order valence-electron chi connectivity index (χ3n) is 2.54. The van der Waals surface area contributed by atoms with Crippen LogP contribution in [-0.2, 0) is 29.8 Å². The van der Waals surface area contributed by atoms with Gasteiger partial charge in [0.15, 0.2) is 11.1 Å². The minimum absolute atomic E-state index is 0.00668. The first-order valence-corrected chi connectivity index (χ1v) is 9.47. The van der Waals surface area contributed by atoms with Gasteiger partial charge in [0, 0.05) is 0 Å². The molecular weight excluding hydrogens is 396 g/mol. The lowest BCUT2D eigenvalue weighted by Gasteiger charge is -2.10. The average molecular weight is 409 g/mol. The maximum atomic E-state index is 12.2. The minimum atomic E-state index is -4.57. The molecule has 13 heteroatoms.